The topological polar surface area (TPSA) is 32.3 Å². The Bertz CT molecular complexity index is 568. The molecule has 1 aromatic carbocycles. The van der Waals surface area contributed by atoms with Crippen molar-refractivity contribution in [1.82, 2.24) is 10.2 Å². The molecule has 1 amide bonds. The second-order valence-electron chi connectivity index (χ2n) is 7.75. The first kappa shape index (κ1) is 19.3. The van der Waals surface area contributed by atoms with Crippen LogP contribution in [0.4, 0.5) is 0 Å². The minimum Gasteiger partial charge on any atom is -0.356 e. The van der Waals surface area contributed by atoms with Crippen molar-refractivity contribution >= 4 is 18.3 Å². The maximum absolute atomic E-state index is 11.6. The number of benzene rings is 1. The summed E-state index contributed by atoms with van der Waals surface area (Å²) >= 11 is 0. The lowest BCUT2D eigenvalue weighted by molar-refractivity contribution is -0.121. The number of likely N-dealkylation sites (tertiary alicyclic amines) is 1. The van der Waals surface area contributed by atoms with Crippen LogP contribution in [-0.2, 0) is 11.3 Å². The third-order valence-electron chi connectivity index (χ3n) is 6.00. The highest BCUT2D eigenvalue weighted by Crippen LogP contribution is 2.40. The molecule has 4 heteroatoms. The molecule has 2 saturated heterocycles. The molecular formula is C20H31ClN2O. The summed E-state index contributed by atoms with van der Waals surface area (Å²) in [7, 11) is 0. The number of carbonyl (C=O) groups is 1. The molecule has 134 valence electrons. The van der Waals surface area contributed by atoms with Gasteiger partial charge in [-0.3, -0.25) is 9.69 Å². The van der Waals surface area contributed by atoms with E-state index < -0.39 is 0 Å². The van der Waals surface area contributed by atoms with Crippen molar-refractivity contribution in [3.8, 4) is 0 Å². The fourth-order valence-corrected chi connectivity index (χ4v) is 4.43. The summed E-state index contributed by atoms with van der Waals surface area (Å²) in [6, 6.07) is 4.60. The first-order chi connectivity index (χ1) is 11.0. The summed E-state index contributed by atoms with van der Waals surface area (Å²) in [6.45, 7) is 10.9. The highest BCUT2D eigenvalue weighted by molar-refractivity contribution is 5.85. The van der Waals surface area contributed by atoms with Crippen molar-refractivity contribution in [1.29, 1.82) is 0 Å². The first-order valence-electron chi connectivity index (χ1n) is 9.03. The van der Waals surface area contributed by atoms with Crippen molar-refractivity contribution in [2.75, 3.05) is 19.6 Å². The highest BCUT2D eigenvalue weighted by atomic mass is 35.5. The molecule has 0 aliphatic carbocycles. The summed E-state index contributed by atoms with van der Waals surface area (Å²) < 4.78 is 0. The van der Waals surface area contributed by atoms with Crippen LogP contribution in [-0.4, -0.2) is 30.4 Å². The second-order valence-corrected chi connectivity index (χ2v) is 7.75. The van der Waals surface area contributed by atoms with E-state index >= 15 is 0 Å². The Morgan fingerprint density at radius 1 is 1.04 bits per heavy atom. The number of halogens is 1. The Morgan fingerprint density at radius 2 is 1.67 bits per heavy atom. The van der Waals surface area contributed by atoms with Gasteiger partial charge in [0.05, 0.1) is 0 Å². The number of hydrogen-bond donors (Lipinski definition) is 1. The lowest BCUT2D eigenvalue weighted by Gasteiger charge is -2.41. The third kappa shape index (κ3) is 4.31. The average molecular weight is 351 g/mol. The van der Waals surface area contributed by atoms with Crippen LogP contribution in [0.3, 0.4) is 0 Å². The van der Waals surface area contributed by atoms with Gasteiger partial charge in [-0.2, -0.15) is 0 Å². The minimum absolute atomic E-state index is 0. The van der Waals surface area contributed by atoms with Gasteiger partial charge in [0.15, 0.2) is 0 Å². The van der Waals surface area contributed by atoms with Gasteiger partial charge in [0.1, 0.15) is 0 Å². The molecule has 0 unspecified atom stereocenters. The van der Waals surface area contributed by atoms with E-state index in [9.17, 15) is 4.79 Å². The molecular weight excluding hydrogens is 320 g/mol. The summed E-state index contributed by atoms with van der Waals surface area (Å²) in [4.78, 5) is 14.2. The highest BCUT2D eigenvalue weighted by Gasteiger charge is 2.36. The quantitative estimate of drug-likeness (QED) is 0.876. The summed E-state index contributed by atoms with van der Waals surface area (Å²) in [5, 5.41) is 3.03. The van der Waals surface area contributed by atoms with Crippen LogP contribution in [0.15, 0.2) is 12.1 Å². The van der Waals surface area contributed by atoms with Gasteiger partial charge >= 0.3 is 0 Å². The van der Waals surface area contributed by atoms with Gasteiger partial charge < -0.3 is 5.32 Å². The molecule has 3 rings (SSSR count). The van der Waals surface area contributed by atoms with Gasteiger partial charge in [-0.1, -0.05) is 17.7 Å². The van der Waals surface area contributed by atoms with Gasteiger partial charge in [0, 0.05) is 19.5 Å². The SMILES string of the molecule is Cc1cc(C)c(CN2CCC3(CCNC(=O)CC3)CC2)c(C)c1.Cl. The Balaban J connectivity index is 0.00000208. The lowest BCUT2D eigenvalue weighted by Crippen LogP contribution is -2.40. The van der Waals surface area contributed by atoms with Gasteiger partial charge in [-0.15, -0.1) is 12.4 Å². The van der Waals surface area contributed by atoms with Crippen molar-refractivity contribution in [3.63, 3.8) is 0 Å². The average Bonchev–Trinajstić information content (AvgIpc) is 2.68. The molecule has 0 saturated carbocycles. The molecule has 1 aromatic rings. The van der Waals surface area contributed by atoms with Gasteiger partial charge in [0.2, 0.25) is 5.91 Å². The first-order valence-corrected chi connectivity index (χ1v) is 9.03. The Labute approximate surface area is 152 Å². The van der Waals surface area contributed by atoms with Crippen LogP contribution in [0, 0.1) is 26.2 Å². The molecule has 2 aliphatic heterocycles. The molecule has 0 atom stereocenters. The summed E-state index contributed by atoms with van der Waals surface area (Å²) in [5.74, 6) is 0.246. The minimum atomic E-state index is 0. The largest absolute Gasteiger partial charge is 0.356 e. The van der Waals surface area contributed by atoms with Crippen molar-refractivity contribution < 1.29 is 4.79 Å². The van der Waals surface area contributed by atoms with E-state index in [0.717, 1.165) is 32.4 Å². The zero-order chi connectivity index (χ0) is 16.4. The van der Waals surface area contributed by atoms with E-state index in [1.807, 2.05) is 0 Å². The Hall–Kier alpha value is -1.06. The molecule has 0 aromatic heterocycles. The lowest BCUT2D eigenvalue weighted by atomic mass is 9.73. The zero-order valence-corrected chi connectivity index (χ0v) is 16.1. The molecule has 2 heterocycles. The third-order valence-corrected chi connectivity index (χ3v) is 6.00. The number of nitrogens with zero attached hydrogens (tertiary/aromatic N) is 1. The van der Waals surface area contributed by atoms with Crippen LogP contribution >= 0.6 is 12.4 Å². The molecule has 1 spiro atoms. The second kappa shape index (κ2) is 7.88. The summed E-state index contributed by atoms with van der Waals surface area (Å²) in [5.41, 5.74) is 6.12. The normalized spacial score (nSPS) is 21.0. The monoisotopic (exact) mass is 350 g/mol. The molecule has 2 aliphatic rings. The molecule has 1 N–H and O–H groups in total. The van der Waals surface area contributed by atoms with E-state index in [-0.39, 0.29) is 18.3 Å². The standard InChI is InChI=1S/C20H30N2O.ClH/c1-15-12-16(2)18(17(3)13-15)14-22-10-7-20(8-11-22)5-4-19(23)21-9-6-20;/h12-13H,4-11,14H2,1-3H3,(H,21,23);1H. The zero-order valence-electron chi connectivity index (χ0n) is 15.3. The van der Waals surface area contributed by atoms with Gasteiger partial charge in [0.25, 0.3) is 0 Å². The number of rotatable bonds is 2. The van der Waals surface area contributed by atoms with E-state index in [0.29, 0.717) is 5.41 Å². The predicted octanol–water partition coefficient (Wildman–Crippen LogP) is 3.92. The van der Waals surface area contributed by atoms with Crippen LogP contribution < -0.4 is 5.32 Å². The predicted molar refractivity (Wildman–Crippen MR) is 102 cm³/mol. The van der Waals surface area contributed by atoms with E-state index in [2.05, 4.69) is 43.1 Å². The molecule has 24 heavy (non-hydrogen) atoms. The fraction of sp³-hybridized carbons (Fsp3) is 0.650. The molecule has 0 radical (unpaired) electrons. The van der Waals surface area contributed by atoms with Crippen LogP contribution in [0.2, 0.25) is 0 Å². The molecule has 3 nitrogen and oxygen atoms in total. The van der Waals surface area contributed by atoms with Crippen molar-refractivity contribution in [2.24, 2.45) is 5.41 Å². The van der Waals surface area contributed by atoms with Crippen molar-refractivity contribution in [2.45, 2.75) is 59.4 Å². The number of piperidine rings is 1. The van der Waals surface area contributed by atoms with E-state index in [1.54, 1.807) is 0 Å². The van der Waals surface area contributed by atoms with Gasteiger partial charge in [-0.05, 0) is 81.6 Å². The maximum Gasteiger partial charge on any atom is 0.220 e. The number of carbonyl (C=O) groups excluding carboxylic acids is 1. The smallest absolute Gasteiger partial charge is 0.220 e. The molecule has 0 bridgehead atoms. The fourth-order valence-electron chi connectivity index (χ4n) is 4.43. The number of hydrogen-bond acceptors (Lipinski definition) is 2. The number of nitrogens with one attached hydrogen (secondary N) is 1. The van der Waals surface area contributed by atoms with Crippen LogP contribution in [0.5, 0.6) is 0 Å². The van der Waals surface area contributed by atoms with Crippen LogP contribution in [0.25, 0.3) is 0 Å². The van der Waals surface area contributed by atoms with E-state index in [4.69, 9.17) is 0 Å². The Morgan fingerprint density at radius 3 is 2.29 bits per heavy atom. The number of aryl methyl sites for hydroxylation is 3. The number of amides is 1. The van der Waals surface area contributed by atoms with Crippen LogP contribution in [0.1, 0.15) is 54.4 Å². The van der Waals surface area contributed by atoms with Gasteiger partial charge in [-0.25, -0.2) is 0 Å². The summed E-state index contributed by atoms with van der Waals surface area (Å²) in [6.07, 6.45) is 5.44. The molecule has 2 fully saturated rings. The van der Waals surface area contributed by atoms with E-state index in [1.165, 1.54) is 48.2 Å². The maximum atomic E-state index is 11.6. The Kier molecular flexibility index (Phi) is 6.33. The van der Waals surface area contributed by atoms with Crippen molar-refractivity contribution in [3.05, 3.63) is 34.4 Å².